The Morgan fingerprint density at radius 3 is 2.57 bits per heavy atom. The summed E-state index contributed by atoms with van der Waals surface area (Å²) in [5.74, 6) is -1.14. The fourth-order valence-corrected chi connectivity index (χ4v) is 4.43. The number of nitrogens with zero attached hydrogens (tertiary/aromatic N) is 5. The number of pyridine rings is 1. The molecule has 0 aliphatic carbocycles. The quantitative estimate of drug-likeness (QED) is 0.274. The SMILES string of the molecule is CCOC(=O)C1CCN(C(=O)c2nc(-c3cc(OC)ncc3F)n(COCC[Si](C)(C)C)n2)CC1. The molecule has 1 aliphatic rings. The van der Waals surface area contributed by atoms with Gasteiger partial charge in [-0.2, -0.15) is 0 Å². The highest BCUT2D eigenvalue weighted by Crippen LogP contribution is 2.26. The molecule has 0 unspecified atom stereocenters. The van der Waals surface area contributed by atoms with Gasteiger partial charge in [0.2, 0.25) is 11.7 Å². The monoisotopic (exact) mass is 507 g/mol. The van der Waals surface area contributed by atoms with Gasteiger partial charge in [0.1, 0.15) is 6.73 Å². The predicted octanol–water partition coefficient (Wildman–Crippen LogP) is 3.22. The van der Waals surface area contributed by atoms with E-state index in [-0.39, 0.29) is 47.6 Å². The van der Waals surface area contributed by atoms with Crippen LogP contribution in [0.15, 0.2) is 12.3 Å². The maximum absolute atomic E-state index is 14.7. The van der Waals surface area contributed by atoms with E-state index >= 15 is 0 Å². The van der Waals surface area contributed by atoms with Gasteiger partial charge in [-0.1, -0.05) is 19.6 Å². The second-order valence-corrected chi connectivity index (χ2v) is 15.3. The van der Waals surface area contributed by atoms with E-state index in [0.717, 1.165) is 12.2 Å². The number of carbonyl (C=O) groups is 2. The molecule has 3 rings (SSSR count). The lowest BCUT2D eigenvalue weighted by molar-refractivity contribution is -0.149. The molecule has 0 aromatic carbocycles. The Morgan fingerprint density at radius 2 is 1.94 bits per heavy atom. The highest BCUT2D eigenvalue weighted by Gasteiger charge is 2.31. The molecule has 0 saturated carbocycles. The van der Waals surface area contributed by atoms with Crippen molar-refractivity contribution in [1.82, 2.24) is 24.6 Å². The molecular formula is C23H34FN5O5Si. The summed E-state index contributed by atoms with van der Waals surface area (Å²) in [6.45, 7) is 10.2. The summed E-state index contributed by atoms with van der Waals surface area (Å²) in [7, 11) is 0.136. The number of esters is 1. The fourth-order valence-electron chi connectivity index (χ4n) is 3.67. The van der Waals surface area contributed by atoms with Gasteiger partial charge in [-0.3, -0.25) is 9.59 Å². The molecular weight excluding hydrogens is 473 g/mol. The minimum Gasteiger partial charge on any atom is -0.481 e. The van der Waals surface area contributed by atoms with E-state index in [9.17, 15) is 14.0 Å². The Morgan fingerprint density at radius 1 is 1.23 bits per heavy atom. The molecule has 0 bridgehead atoms. The van der Waals surface area contributed by atoms with Crippen LogP contribution in [0, 0.1) is 11.7 Å². The second-order valence-electron chi connectivity index (χ2n) is 9.63. The number of methoxy groups -OCH3 is 1. The van der Waals surface area contributed by atoms with E-state index in [1.807, 2.05) is 0 Å². The van der Waals surface area contributed by atoms with Gasteiger partial charge in [0.25, 0.3) is 5.91 Å². The van der Waals surface area contributed by atoms with Crippen molar-refractivity contribution in [3.63, 3.8) is 0 Å². The Balaban J connectivity index is 1.81. The first kappa shape index (κ1) is 26.7. The first-order valence-corrected chi connectivity index (χ1v) is 15.5. The molecule has 1 aliphatic heterocycles. The number of aromatic nitrogens is 4. The molecule has 0 radical (unpaired) electrons. The molecule has 192 valence electrons. The highest BCUT2D eigenvalue weighted by atomic mass is 28.3. The average Bonchev–Trinajstić information content (AvgIpc) is 3.25. The summed E-state index contributed by atoms with van der Waals surface area (Å²) in [5.41, 5.74) is 0.109. The standard InChI is InChI=1S/C23H34FN5O5Si/c1-6-34-23(31)16-7-9-28(10-8-16)22(30)20-26-21(17-13-19(32-2)25-14-18(17)24)29(27-20)15-33-11-12-35(3,4)5/h13-14,16H,6-12,15H2,1-5H3. The van der Waals surface area contributed by atoms with Crippen LogP contribution in [0.2, 0.25) is 25.7 Å². The van der Waals surface area contributed by atoms with Gasteiger partial charge in [-0.05, 0) is 25.8 Å². The van der Waals surface area contributed by atoms with Crippen LogP contribution in [0.4, 0.5) is 4.39 Å². The van der Waals surface area contributed by atoms with Gasteiger partial charge in [-0.15, -0.1) is 5.10 Å². The van der Waals surface area contributed by atoms with Crippen LogP contribution in [-0.2, 0) is 21.0 Å². The summed E-state index contributed by atoms with van der Waals surface area (Å²) >= 11 is 0. The molecule has 2 aromatic heterocycles. The molecule has 1 saturated heterocycles. The Hall–Kier alpha value is -2.86. The van der Waals surface area contributed by atoms with E-state index in [2.05, 4.69) is 34.7 Å². The second kappa shape index (κ2) is 11.7. The van der Waals surface area contributed by atoms with Crippen molar-refractivity contribution in [2.24, 2.45) is 5.92 Å². The van der Waals surface area contributed by atoms with Gasteiger partial charge in [-0.25, -0.2) is 19.0 Å². The summed E-state index contributed by atoms with van der Waals surface area (Å²) < 4.78 is 32.1. The van der Waals surface area contributed by atoms with Gasteiger partial charge < -0.3 is 19.1 Å². The highest BCUT2D eigenvalue weighted by molar-refractivity contribution is 6.76. The third kappa shape index (κ3) is 7.07. The number of rotatable bonds is 10. The topological polar surface area (TPSA) is 109 Å². The number of likely N-dealkylation sites (tertiary alicyclic amines) is 1. The molecule has 2 aromatic rings. The number of carbonyl (C=O) groups excluding carboxylic acids is 2. The first-order chi connectivity index (χ1) is 16.6. The lowest BCUT2D eigenvalue weighted by Crippen LogP contribution is -2.41. The average molecular weight is 508 g/mol. The van der Waals surface area contributed by atoms with Crippen LogP contribution in [-0.4, -0.2) is 78.0 Å². The number of piperidine rings is 1. The molecule has 3 heterocycles. The van der Waals surface area contributed by atoms with Crippen molar-refractivity contribution >= 4 is 20.0 Å². The van der Waals surface area contributed by atoms with Crippen molar-refractivity contribution in [2.45, 2.75) is 52.2 Å². The van der Waals surface area contributed by atoms with Crippen molar-refractivity contribution in [1.29, 1.82) is 0 Å². The molecule has 10 nitrogen and oxygen atoms in total. The zero-order chi connectivity index (χ0) is 25.6. The van der Waals surface area contributed by atoms with Gasteiger partial charge in [0, 0.05) is 33.8 Å². The minimum absolute atomic E-state index is 0.0229. The van der Waals surface area contributed by atoms with Crippen LogP contribution in [0.3, 0.4) is 0 Å². The molecule has 1 amide bonds. The molecule has 0 atom stereocenters. The van der Waals surface area contributed by atoms with Crippen molar-refractivity contribution < 1.29 is 28.2 Å². The van der Waals surface area contributed by atoms with E-state index < -0.39 is 13.9 Å². The number of ether oxygens (including phenoxy) is 3. The van der Waals surface area contributed by atoms with Crippen LogP contribution in [0.5, 0.6) is 5.88 Å². The number of hydrogen-bond acceptors (Lipinski definition) is 8. The van der Waals surface area contributed by atoms with Crippen molar-refractivity contribution in [3.8, 4) is 17.3 Å². The van der Waals surface area contributed by atoms with Crippen LogP contribution < -0.4 is 4.74 Å². The van der Waals surface area contributed by atoms with Gasteiger partial charge in [0.05, 0.1) is 31.4 Å². The zero-order valence-electron chi connectivity index (χ0n) is 21.0. The number of halogens is 1. The largest absolute Gasteiger partial charge is 0.481 e. The van der Waals surface area contributed by atoms with Gasteiger partial charge >= 0.3 is 5.97 Å². The number of amides is 1. The predicted molar refractivity (Wildman–Crippen MR) is 129 cm³/mol. The first-order valence-electron chi connectivity index (χ1n) is 11.8. The van der Waals surface area contributed by atoms with Crippen LogP contribution >= 0.6 is 0 Å². The summed E-state index contributed by atoms with van der Waals surface area (Å²) in [6, 6.07) is 2.37. The maximum atomic E-state index is 14.7. The van der Waals surface area contributed by atoms with E-state index in [1.54, 1.807) is 11.8 Å². The van der Waals surface area contributed by atoms with E-state index in [0.29, 0.717) is 39.1 Å². The zero-order valence-corrected chi connectivity index (χ0v) is 22.0. The summed E-state index contributed by atoms with van der Waals surface area (Å²) in [6.07, 6.45) is 2.06. The molecule has 35 heavy (non-hydrogen) atoms. The van der Waals surface area contributed by atoms with Gasteiger partial charge in [0.15, 0.2) is 11.6 Å². The van der Waals surface area contributed by atoms with Crippen molar-refractivity contribution in [2.75, 3.05) is 33.4 Å². The Kier molecular flexibility index (Phi) is 8.95. The lowest BCUT2D eigenvalue weighted by Gasteiger charge is -2.30. The maximum Gasteiger partial charge on any atom is 0.309 e. The Labute approximate surface area is 205 Å². The lowest BCUT2D eigenvalue weighted by atomic mass is 9.97. The van der Waals surface area contributed by atoms with E-state index in [1.165, 1.54) is 17.9 Å². The smallest absolute Gasteiger partial charge is 0.309 e. The molecule has 0 spiro atoms. The van der Waals surface area contributed by atoms with E-state index in [4.69, 9.17) is 14.2 Å². The Bertz CT molecular complexity index is 1030. The third-order valence-corrected chi connectivity index (χ3v) is 7.46. The van der Waals surface area contributed by atoms with Crippen LogP contribution in [0.1, 0.15) is 30.4 Å². The third-order valence-electron chi connectivity index (χ3n) is 5.76. The van der Waals surface area contributed by atoms with Crippen LogP contribution in [0.25, 0.3) is 11.4 Å². The normalized spacial score (nSPS) is 14.7. The van der Waals surface area contributed by atoms with Crippen molar-refractivity contribution in [3.05, 3.63) is 23.9 Å². The molecule has 1 fully saturated rings. The minimum atomic E-state index is -1.30. The number of hydrogen-bond donors (Lipinski definition) is 0. The molecule has 12 heteroatoms. The summed E-state index contributed by atoms with van der Waals surface area (Å²) in [4.78, 5) is 35.0. The fraction of sp³-hybridized carbons (Fsp3) is 0.609. The summed E-state index contributed by atoms with van der Waals surface area (Å²) in [5, 5.41) is 4.36. The molecule has 0 N–H and O–H groups in total.